The molecule has 0 amide bonds. The summed E-state index contributed by atoms with van der Waals surface area (Å²) in [7, 11) is 5.86. The maximum Gasteiger partial charge on any atom is 0.162 e. The molecule has 0 aromatic carbocycles. The zero-order chi connectivity index (χ0) is 11.8. The highest BCUT2D eigenvalue weighted by Crippen LogP contribution is 2.21. The molecule has 17 heavy (non-hydrogen) atoms. The Labute approximate surface area is 97.9 Å². The summed E-state index contributed by atoms with van der Waals surface area (Å²) in [6.45, 7) is 0. The van der Waals surface area contributed by atoms with Gasteiger partial charge < -0.3 is 5.73 Å². The van der Waals surface area contributed by atoms with Gasteiger partial charge in [0.1, 0.15) is 19.2 Å². The first-order chi connectivity index (χ1) is 8.27. The van der Waals surface area contributed by atoms with Crippen LogP contribution in [0.15, 0.2) is 30.9 Å². The van der Waals surface area contributed by atoms with Gasteiger partial charge in [-0.05, 0) is 6.07 Å². The van der Waals surface area contributed by atoms with Crippen molar-refractivity contribution in [2.75, 3.05) is 5.73 Å². The van der Waals surface area contributed by atoms with Crippen LogP contribution in [0, 0.1) is 0 Å². The molecular formula is C10H7BN6. The lowest BCUT2D eigenvalue weighted by atomic mass is 9.98. The number of aromatic nitrogens is 5. The number of nitrogens with zero attached hydrogens (tertiary/aromatic N) is 5. The van der Waals surface area contributed by atoms with E-state index in [9.17, 15) is 0 Å². The fourth-order valence-electron chi connectivity index (χ4n) is 1.69. The van der Waals surface area contributed by atoms with Gasteiger partial charge in [-0.25, -0.2) is 19.5 Å². The van der Waals surface area contributed by atoms with E-state index in [1.807, 2.05) is 0 Å². The average molecular weight is 222 g/mol. The third kappa shape index (κ3) is 1.43. The third-order valence-electron chi connectivity index (χ3n) is 2.39. The van der Waals surface area contributed by atoms with Crippen molar-refractivity contribution in [3.05, 3.63) is 30.9 Å². The Kier molecular flexibility index (Phi) is 2.04. The van der Waals surface area contributed by atoms with Gasteiger partial charge in [-0.2, -0.15) is 5.10 Å². The first kappa shape index (κ1) is 9.77. The van der Waals surface area contributed by atoms with Crippen LogP contribution in [0.1, 0.15) is 0 Å². The van der Waals surface area contributed by atoms with Crippen LogP contribution in [-0.2, 0) is 0 Å². The lowest BCUT2D eigenvalue weighted by Crippen LogP contribution is -2.08. The summed E-state index contributed by atoms with van der Waals surface area (Å²) < 4.78 is 1.57. The summed E-state index contributed by atoms with van der Waals surface area (Å²) in [6, 6.07) is 1.73. The molecule has 0 saturated carbocycles. The minimum absolute atomic E-state index is 0.330. The number of hydrogen-bond donors (Lipinski definition) is 1. The van der Waals surface area contributed by atoms with E-state index in [1.165, 1.54) is 0 Å². The maximum absolute atomic E-state index is 5.86. The Morgan fingerprint density at radius 3 is 2.65 bits per heavy atom. The summed E-state index contributed by atoms with van der Waals surface area (Å²) in [4.78, 5) is 12.3. The number of anilines is 1. The molecule has 2 radical (unpaired) electrons. The van der Waals surface area contributed by atoms with Crippen LogP contribution in [0.25, 0.3) is 16.9 Å². The fraction of sp³-hybridized carbons (Fsp3) is 0. The van der Waals surface area contributed by atoms with Gasteiger partial charge in [0.05, 0.1) is 5.56 Å². The zero-order valence-corrected chi connectivity index (χ0v) is 8.78. The van der Waals surface area contributed by atoms with E-state index in [4.69, 9.17) is 13.6 Å². The van der Waals surface area contributed by atoms with E-state index in [0.717, 1.165) is 0 Å². The highest BCUT2D eigenvalue weighted by molar-refractivity contribution is 6.35. The zero-order valence-electron chi connectivity index (χ0n) is 8.78. The number of rotatable bonds is 1. The quantitative estimate of drug-likeness (QED) is 0.564. The van der Waals surface area contributed by atoms with Crippen molar-refractivity contribution in [1.29, 1.82) is 0 Å². The summed E-state index contributed by atoms with van der Waals surface area (Å²) in [5.41, 5.74) is 7.38. The second-order valence-corrected chi connectivity index (χ2v) is 3.44. The molecule has 0 atom stereocenters. The number of nitrogens with two attached hydrogens (primary N) is 1. The molecule has 0 aliphatic rings. The minimum Gasteiger partial charge on any atom is -0.382 e. The molecule has 80 valence electrons. The molecule has 7 heteroatoms. The fourth-order valence-corrected chi connectivity index (χ4v) is 1.69. The maximum atomic E-state index is 5.86. The van der Waals surface area contributed by atoms with Crippen LogP contribution in [-0.4, -0.2) is 32.4 Å². The normalized spacial score (nSPS) is 10.8. The topological polar surface area (TPSA) is 82.0 Å². The highest BCUT2D eigenvalue weighted by Gasteiger charge is 2.15. The second-order valence-electron chi connectivity index (χ2n) is 3.44. The van der Waals surface area contributed by atoms with E-state index < -0.39 is 0 Å². The van der Waals surface area contributed by atoms with Crippen LogP contribution in [0.4, 0.5) is 5.82 Å². The van der Waals surface area contributed by atoms with Crippen molar-refractivity contribution in [3.8, 4) is 11.4 Å². The largest absolute Gasteiger partial charge is 0.382 e. The van der Waals surface area contributed by atoms with Crippen LogP contribution < -0.4 is 11.3 Å². The molecule has 0 fully saturated rings. The molecule has 3 aromatic rings. The molecule has 0 aliphatic carbocycles. The molecule has 3 rings (SSSR count). The molecule has 0 unspecified atom stereocenters. The number of hydrogen-bond acceptors (Lipinski definition) is 5. The van der Waals surface area contributed by atoms with Gasteiger partial charge in [0, 0.05) is 30.4 Å². The average Bonchev–Trinajstić information content (AvgIpc) is 2.68. The van der Waals surface area contributed by atoms with E-state index in [2.05, 4.69) is 20.1 Å². The molecule has 3 heterocycles. The van der Waals surface area contributed by atoms with Crippen molar-refractivity contribution in [2.45, 2.75) is 0 Å². The van der Waals surface area contributed by atoms with Gasteiger partial charge >= 0.3 is 0 Å². The summed E-state index contributed by atoms with van der Waals surface area (Å²) in [6.07, 6.45) is 6.51. The van der Waals surface area contributed by atoms with E-state index >= 15 is 0 Å². The number of nitrogen functional groups attached to an aromatic ring is 1. The predicted molar refractivity (Wildman–Crippen MR) is 63.8 cm³/mol. The van der Waals surface area contributed by atoms with Crippen LogP contribution in [0.5, 0.6) is 0 Å². The van der Waals surface area contributed by atoms with Crippen LogP contribution in [0.3, 0.4) is 0 Å². The Morgan fingerprint density at radius 1 is 1.12 bits per heavy atom. The SMILES string of the molecule is [B]c1nn2ccnc(N)c2c1-c1ncccn1. The van der Waals surface area contributed by atoms with Crippen molar-refractivity contribution >= 4 is 24.8 Å². The molecular weight excluding hydrogens is 215 g/mol. The van der Waals surface area contributed by atoms with Crippen molar-refractivity contribution in [3.63, 3.8) is 0 Å². The lowest BCUT2D eigenvalue weighted by Gasteiger charge is -2.00. The van der Waals surface area contributed by atoms with Gasteiger partial charge in [0.25, 0.3) is 0 Å². The van der Waals surface area contributed by atoms with E-state index in [-0.39, 0.29) is 0 Å². The van der Waals surface area contributed by atoms with Gasteiger partial charge in [0.2, 0.25) is 0 Å². The van der Waals surface area contributed by atoms with E-state index in [1.54, 1.807) is 35.4 Å². The first-order valence-electron chi connectivity index (χ1n) is 4.93. The third-order valence-corrected chi connectivity index (χ3v) is 2.39. The Bertz CT molecular complexity index is 678. The summed E-state index contributed by atoms with van der Waals surface area (Å²) in [5, 5.41) is 4.14. The highest BCUT2D eigenvalue weighted by atomic mass is 15.2. The number of fused-ring (bicyclic) bond motifs is 1. The Balaban J connectivity index is 2.40. The van der Waals surface area contributed by atoms with E-state index in [0.29, 0.717) is 28.3 Å². The van der Waals surface area contributed by atoms with Crippen molar-refractivity contribution in [1.82, 2.24) is 24.6 Å². The van der Waals surface area contributed by atoms with Crippen molar-refractivity contribution < 1.29 is 0 Å². The molecule has 0 saturated heterocycles. The van der Waals surface area contributed by atoms with Gasteiger partial charge in [-0.1, -0.05) is 0 Å². The van der Waals surface area contributed by atoms with Crippen LogP contribution in [0.2, 0.25) is 0 Å². The standard InChI is InChI=1S/C10H7BN6/c11-8-6(10-14-2-1-3-15-10)7-9(12)13-4-5-17(7)16-8/h1-5H,(H2,12,13). The predicted octanol–water partition coefficient (Wildman–Crippen LogP) is -0.438. The Hall–Kier alpha value is -2.44. The second kappa shape index (κ2) is 3.55. The smallest absolute Gasteiger partial charge is 0.162 e. The first-order valence-corrected chi connectivity index (χ1v) is 4.93. The minimum atomic E-state index is 0.330. The molecule has 6 nitrogen and oxygen atoms in total. The summed E-state index contributed by atoms with van der Waals surface area (Å²) in [5.74, 6) is 0.832. The van der Waals surface area contributed by atoms with Gasteiger partial charge in [0.15, 0.2) is 5.82 Å². The molecule has 0 spiro atoms. The van der Waals surface area contributed by atoms with Crippen molar-refractivity contribution in [2.24, 2.45) is 0 Å². The van der Waals surface area contributed by atoms with Crippen LogP contribution >= 0.6 is 0 Å². The Morgan fingerprint density at radius 2 is 1.88 bits per heavy atom. The lowest BCUT2D eigenvalue weighted by molar-refractivity contribution is 0.963. The molecule has 2 N–H and O–H groups in total. The molecule has 3 aromatic heterocycles. The monoisotopic (exact) mass is 222 g/mol. The molecule has 0 aliphatic heterocycles. The molecule has 0 bridgehead atoms. The van der Waals surface area contributed by atoms with Gasteiger partial charge in [-0.15, -0.1) is 0 Å². The summed E-state index contributed by atoms with van der Waals surface area (Å²) >= 11 is 0. The van der Waals surface area contributed by atoms with Gasteiger partial charge in [-0.3, -0.25) is 0 Å².